The van der Waals surface area contributed by atoms with Gasteiger partial charge in [-0.15, -0.1) is 0 Å². The Bertz CT molecular complexity index is 1590. The maximum atomic E-state index is 13.8. The number of ether oxygens (including phenoxy) is 1. The number of carbonyl (C=O) groups excluding carboxylic acids is 2. The van der Waals surface area contributed by atoms with E-state index < -0.39 is 39.9 Å². The molecule has 0 spiro atoms. The zero-order valence-electron chi connectivity index (χ0n) is 24.7. The molecular formula is C29H38N4O7S2. The number of benzene rings is 1. The fourth-order valence-corrected chi connectivity index (χ4v) is 6.36. The van der Waals surface area contributed by atoms with Crippen molar-refractivity contribution in [3.05, 3.63) is 52.1 Å². The van der Waals surface area contributed by atoms with Crippen LogP contribution in [0.1, 0.15) is 77.2 Å². The van der Waals surface area contributed by atoms with Crippen LogP contribution in [0, 0.1) is 0 Å². The first-order valence-corrected chi connectivity index (χ1v) is 16.7. The second kappa shape index (κ2) is 13.0. The van der Waals surface area contributed by atoms with Gasteiger partial charge < -0.3 is 9.64 Å². The lowest BCUT2D eigenvalue weighted by molar-refractivity contribution is -0.155. The van der Waals surface area contributed by atoms with E-state index in [0.29, 0.717) is 35.8 Å². The van der Waals surface area contributed by atoms with E-state index in [1.54, 1.807) is 27.7 Å². The first kappa shape index (κ1) is 31.8. The van der Waals surface area contributed by atoms with Crippen LogP contribution in [0.2, 0.25) is 0 Å². The van der Waals surface area contributed by atoms with Crippen LogP contribution < -0.4 is 10.5 Å². The topological polar surface area (TPSA) is 138 Å². The van der Waals surface area contributed by atoms with Crippen molar-refractivity contribution in [1.29, 1.82) is 0 Å². The Morgan fingerprint density at radius 2 is 1.86 bits per heavy atom. The zero-order valence-corrected chi connectivity index (χ0v) is 26.3. The SMILES string of the molecule is C[C@@H](CCC(=O)OC(C)(C)C)n1c(COS(C)(=O)=O)nc2sc(N3CCC[C@@H]3C(=O)CCc3ccccc3)nc2c1=O. The molecule has 2 aromatic heterocycles. The summed E-state index contributed by atoms with van der Waals surface area (Å²) in [5.74, 6) is -0.168. The molecule has 42 heavy (non-hydrogen) atoms. The van der Waals surface area contributed by atoms with E-state index in [0.717, 1.165) is 18.2 Å². The van der Waals surface area contributed by atoms with Crippen molar-refractivity contribution in [2.24, 2.45) is 0 Å². The van der Waals surface area contributed by atoms with Crippen molar-refractivity contribution in [2.45, 2.75) is 90.5 Å². The molecule has 0 amide bonds. The number of Topliss-reactive ketones (excluding diaryl/α,β-unsaturated/α-hetero) is 1. The Morgan fingerprint density at radius 1 is 1.14 bits per heavy atom. The van der Waals surface area contributed by atoms with E-state index in [4.69, 9.17) is 8.92 Å². The number of carbonyl (C=O) groups is 2. The largest absolute Gasteiger partial charge is 0.460 e. The number of ketones is 1. The molecule has 0 N–H and O–H groups in total. The fourth-order valence-electron chi connectivity index (χ4n) is 5.02. The maximum Gasteiger partial charge on any atom is 0.306 e. The molecule has 1 aliphatic heterocycles. The lowest BCUT2D eigenvalue weighted by atomic mass is 10.0. The molecule has 0 aliphatic carbocycles. The normalized spacial score (nSPS) is 16.6. The minimum absolute atomic E-state index is 0.0537. The number of fused-ring (bicyclic) bond motifs is 1. The van der Waals surface area contributed by atoms with Crippen LogP contribution in [0.4, 0.5) is 5.13 Å². The molecule has 228 valence electrons. The van der Waals surface area contributed by atoms with E-state index in [2.05, 4.69) is 9.97 Å². The highest BCUT2D eigenvalue weighted by Crippen LogP contribution is 2.33. The van der Waals surface area contributed by atoms with E-state index in [-0.39, 0.29) is 36.0 Å². The Hall–Kier alpha value is -3.16. The van der Waals surface area contributed by atoms with Crippen LogP contribution in [-0.4, -0.2) is 59.1 Å². The lowest BCUT2D eigenvalue weighted by Crippen LogP contribution is -2.36. The van der Waals surface area contributed by atoms with E-state index >= 15 is 0 Å². The molecule has 4 rings (SSSR count). The monoisotopic (exact) mass is 618 g/mol. The van der Waals surface area contributed by atoms with Crippen LogP contribution in [-0.2, 0) is 41.7 Å². The number of aryl methyl sites for hydroxylation is 1. The van der Waals surface area contributed by atoms with Gasteiger partial charge in [0.2, 0.25) is 0 Å². The quantitative estimate of drug-likeness (QED) is 0.215. The van der Waals surface area contributed by atoms with Crippen molar-refractivity contribution < 1.29 is 26.9 Å². The first-order chi connectivity index (χ1) is 19.7. The molecule has 13 heteroatoms. The van der Waals surface area contributed by atoms with Crippen LogP contribution in [0.25, 0.3) is 10.3 Å². The molecule has 1 aromatic carbocycles. The molecule has 0 saturated carbocycles. The highest BCUT2D eigenvalue weighted by atomic mass is 32.2. The van der Waals surface area contributed by atoms with E-state index in [9.17, 15) is 22.8 Å². The first-order valence-electron chi connectivity index (χ1n) is 14.0. The van der Waals surface area contributed by atoms with Gasteiger partial charge in [0.25, 0.3) is 15.7 Å². The van der Waals surface area contributed by atoms with Gasteiger partial charge in [0.1, 0.15) is 18.0 Å². The van der Waals surface area contributed by atoms with Gasteiger partial charge in [-0.3, -0.25) is 23.1 Å². The zero-order chi connectivity index (χ0) is 30.7. The smallest absolute Gasteiger partial charge is 0.306 e. The molecule has 3 aromatic rings. The summed E-state index contributed by atoms with van der Waals surface area (Å²) in [7, 11) is -3.81. The van der Waals surface area contributed by atoms with E-state index in [1.807, 2.05) is 35.2 Å². The lowest BCUT2D eigenvalue weighted by Gasteiger charge is -2.22. The second-order valence-electron chi connectivity index (χ2n) is 11.6. The molecule has 0 unspecified atom stereocenters. The van der Waals surface area contributed by atoms with Gasteiger partial charge in [0.05, 0.1) is 12.3 Å². The number of anilines is 1. The minimum Gasteiger partial charge on any atom is -0.460 e. The summed E-state index contributed by atoms with van der Waals surface area (Å²) in [5, 5.41) is 0.527. The Labute approximate surface area is 250 Å². The van der Waals surface area contributed by atoms with Gasteiger partial charge in [-0.25, -0.2) is 9.97 Å². The molecule has 11 nitrogen and oxygen atoms in total. The number of hydrogen-bond donors (Lipinski definition) is 0. The van der Waals surface area contributed by atoms with Crippen molar-refractivity contribution in [3.63, 3.8) is 0 Å². The molecule has 0 bridgehead atoms. The van der Waals surface area contributed by atoms with Crippen LogP contribution in [0.3, 0.4) is 0 Å². The van der Waals surface area contributed by atoms with Crippen molar-refractivity contribution in [1.82, 2.24) is 14.5 Å². The average Bonchev–Trinajstić information content (AvgIpc) is 3.56. The minimum atomic E-state index is -3.81. The molecule has 1 saturated heterocycles. The number of aromatic nitrogens is 3. The van der Waals surface area contributed by atoms with Crippen molar-refractivity contribution in [3.8, 4) is 0 Å². The average molecular weight is 619 g/mol. The predicted octanol–water partition coefficient (Wildman–Crippen LogP) is 4.18. The van der Waals surface area contributed by atoms with Gasteiger partial charge in [-0.1, -0.05) is 41.7 Å². The summed E-state index contributed by atoms with van der Waals surface area (Å²) >= 11 is 1.20. The Kier molecular flexibility index (Phi) is 9.84. The summed E-state index contributed by atoms with van der Waals surface area (Å²) in [6.45, 7) is 7.26. The number of hydrogen-bond acceptors (Lipinski definition) is 11. The number of esters is 1. The summed E-state index contributed by atoms with van der Waals surface area (Å²) in [6, 6.07) is 9.00. The predicted molar refractivity (Wildman–Crippen MR) is 161 cm³/mol. The molecular weight excluding hydrogens is 580 g/mol. The summed E-state index contributed by atoms with van der Waals surface area (Å²) in [5.41, 5.74) is 0.131. The molecule has 2 atom stereocenters. The number of nitrogens with zero attached hydrogens (tertiary/aromatic N) is 4. The third-order valence-electron chi connectivity index (χ3n) is 6.93. The third kappa shape index (κ3) is 8.23. The van der Waals surface area contributed by atoms with Crippen LogP contribution in [0.5, 0.6) is 0 Å². The number of thiazole rings is 1. The Balaban J connectivity index is 1.61. The van der Waals surface area contributed by atoms with Gasteiger partial charge >= 0.3 is 5.97 Å². The standard InChI is InChI=1S/C29H38N4O7S2/c1-19(13-16-24(35)40-29(2,3)4)33-23(18-39-42(5,37)38)30-26-25(27(33)36)31-28(41-26)32-17-9-12-21(32)22(34)15-14-20-10-7-6-8-11-20/h6-8,10-11,19,21H,9,12-18H2,1-5H3/t19-,21+/m0/s1. The fraction of sp³-hybridized carbons (Fsp3) is 0.552. The third-order valence-corrected chi connectivity index (χ3v) is 8.46. The molecule has 1 aliphatic rings. The van der Waals surface area contributed by atoms with Crippen LogP contribution >= 0.6 is 11.3 Å². The molecule has 1 fully saturated rings. The summed E-state index contributed by atoms with van der Waals surface area (Å²) in [6.07, 6.45) is 3.82. The van der Waals surface area contributed by atoms with Crippen molar-refractivity contribution >= 4 is 48.7 Å². The van der Waals surface area contributed by atoms with Gasteiger partial charge in [-0.05, 0) is 58.9 Å². The van der Waals surface area contributed by atoms with Crippen molar-refractivity contribution in [2.75, 3.05) is 17.7 Å². The highest BCUT2D eigenvalue weighted by molar-refractivity contribution is 7.85. The van der Waals surface area contributed by atoms with Crippen LogP contribution in [0.15, 0.2) is 35.1 Å². The van der Waals surface area contributed by atoms with E-state index in [1.165, 1.54) is 15.9 Å². The second-order valence-corrected chi connectivity index (χ2v) is 14.2. The number of rotatable bonds is 12. The Morgan fingerprint density at radius 3 is 2.52 bits per heavy atom. The molecule has 3 heterocycles. The molecule has 0 radical (unpaired) electrons. The van der Waals surface area contributed by atoms with Gasteiger partial charge in [0, 0.05) is 25.4 Å². The summed E-state index contributed by atoms with van der Waals surface area (Å²) in [4.78, 5) is 50.8. The van der Waals surface area contributed by atoms with Gasteiger partial charge in [0.15, 0.2) is 21.3 Å². The highest BCUT2D eigenvalue weighted by Gasteiger charge is 2.33. The maximum absolute atomic E-state index is 13.8. The summed E-state index contributed by atoms with van der Waals surface area (Å²) < 4.78 is 35.3. The van der Waals surface area contributed by atoms with Gasteiger partial charge in [-0.2, -0.15) is 8.42 Å².